The lowest BCUT2D eigenvalue weighted by Crippen LogP contribution is -2.40. The number of nitro groups is 1. The quantitative estimate of drug-likeness (QED) is 0.270. The van der Waals surface area contributed by atoms with Gasteiger partial charge in [-0.1, -0.05) is 6.08 Å². The maximum atomic E-state index is 12.3. The van der Waals surface area contributed by atoms with Gasteiger partial charge in [-0.3, -0.25) is 14.9 Å². The van der Waals surface area contributed by atoms with E-state index in [-0.39, 0.29) is 23.7 Å². The Hall–Kier alpha value is -2.30. The number of carbonyl (C=O) groups is 1. The molecule has 138 valence electrons. The van der Waals surface area contributed by atoms with Gasteiger partial charge in [-0.25, -0.2) is 13.1 Å². The molecule has 1 rings (SSSR count). The minimum atomic E-state index is -3.96. The fourth-order valence-electron chi connectivity index (χ4n) is 2.10. The van der Waals surface area contributed by atoms with E-state index in [4.69, 9.17) is 4.74 Å². The third kappa shape index (κ3) is 6.25. The number of hydrogen-bond donors (Lipinski definition) is 2. The van der Waals surface area contributed by atoms with Crippen LogP contribution in [0.5, 0.6) is 0 Å². The summed E-state index contributed by atoms with van der Waals surface area (Å²) >= 11 is 0. The fourth-order valence-corrected chi connectivity index (χ4v) is 3.14. The highest BCUT2D eigenvalue weighted by atomic mass is 32.2. The lowest BCUT2D eigenvalue weighted by atomic mass is 9.99. The summed E-state index contributed by atoms with van der Waals surface area (Å²) in [6.07, 6.45) is 0.976. The van der Waals surface area contributed by atoms with Crippen molar-refractivity contribution in [1.29, 1.82) is 0 Å². The number of ether oxygens (including phenoxy) is 1. The van der Waals surface area contributed by atoms with Crippen molar-refractivity contribution in [2.45, 2.75) is 24.3 Å². The number of esters is 1. The van der Waals surface area contributed by atoms with E-state index in [1.807, 2.05) is 0 Å². The Morgan fingerprint density at radius 1 is 1.44 bits per heavy atom. The van der Waals surface area contributed by atoms with Crippen molar-refractivity contribution < 1.29 is 28.0 Å². The number of nitrogens with one attached hydrogen (secondary N) is 1. The molecule has 0 spiro atoms. The first-order valence-electron chi connectivity index (χ1n) is 7.34. The summed E-state index contributed by atoms with van der Waals surface area (Å²) < 4.78 is 31.9. The summed E-state index contributed by atoms with van der Waals surface area (Å²) in [6.45, 7) is 4.16. The van der Waals surface area contributed by atoms with E-state index in [0.29, 0.717) is 6.42 Å². The number of hydrogen-bond acceptors (Lipinski definition) is 7. The zero-order valence-corrected chi connectivity index (χ0v) is 14.4. The molecule has 0 aliphatic carbocycles. The second kappa shape index (κ2) is 9.25. The van der Waals surface area contributed by atoms with Crippen LogP contribution in [0.1, 0.15) is 13.3 Å². The SMILES string of the molecule is C=CC[C@H](CO)[C@H](CNS(=O)(=O)c1ccc([N+](=O)[O-])cc1)OC(C)=O. The average Bonchev–Trinajstić information content (AvgIpc) is 2.56. The molecule has 0 aromatic heterocycles. The summed E-state index contributed by atoms with van der Waals surface area (Å²) in [5.41, 5.74) is -0.233. The Morgan fingerprint density at radius 2 is 2.04 bits per heavy atom. The Morgan fingerprint density at radius 3 is 2.48 bits per heavy atom. The van der Waals surface area contributed by atoms with E-state index >= 15 is 0 Å². The Balaban J connectivity index is 2.90. The normalized spacial score (nSPS) is 13.7. The average molecular weight is 372 g/mol. The van der Waals surface area contributed by atoms with Gasteiger partial charge in [-0.05, 0) is 18.6 Å². The predicted molar refractivity (Wildman–Crippen MR) is 89.2 cm³/mol. The van der Waals surface area contributed by atoms with E-state index in [1.54, 1.807) is 0 Å². The van der Waals surface area contributed by atoms with Crippen LogP contribution in [-0.4, -0.2) is 43.7 Å². The van der Waals surface area contributed by atoms with Crippen molar-refractivity contribution >= 4 is 21.7 Å². The van der Waals surface area contributed by atoms with Crippen LogP contribution >= 0.6 is 0 Å². The summed E-state index contributed by atoms with van der Waals surface area (Å²) in [5, 5.41) is 20.0. The highest BCUT2D eigenvalue weighted by Crippen LogP contribution is 2.17. The highest BCUT2D eigenvalue weighted by Gasteiger charge is 2.25. The molecule has 0 heterocycles. The first-order valence-corrected chi connectivity index (χ1v) is 8.82. The summed E-state index contributed by atoms with van der Waals surface area (Å²) in [6, 6.07) is 4.36. The maximum Gasteiger partial charge on any atom is 0.302 e. The van der Waals surface area contributed by atoms with E-state index in [2.05, 4.69) is 11.3 Å². The monoisotopic (exact) mass is 372 g/mol. The van der Waals surface area contributed by atoms with Gasteiger partial charge >= 0.3 is 5.97 Å². The number of benzene rings is 1. The summed E-state index contributed by atoms with van der Waals surface area (Å²) in [4.78, 5) is 21.0. The molecule has 10 heteroatoms. The minimum Gasteiger partial charge on any atom is -0.461 e. The van der Waals surface area contributed by atoms with Crippen LogP contribution in [0.4, 0.5) is 5.69 Å². The molecule has 0 saturated heterocycles. The molecule has 0 fully saturated rings. The highest BCUT2D eigenvalue weighted by molar-refractivity contribution is 7.89. The molecule has 0 aliphatic heterocycles. The van der Waals surface area contributed by atoms with Gasteiger partial charge in [-0.2, -0.15) is 0 Å². The van der Waals surface area contributed by atoms with Crippen LogP contribution < -0.4 is 4.72 Å². The van der Waals surface area contributed by atoms with Gasteiger partial charge in [-0.15, -0.1) is 6.58 Å². The van der Waals surface area contributed by atoms with E-state index in [1.165, 1.54) is 13.0 Å². The van der Waals surface area contributed by atoms with E-state index in [0.717, 1.165) is 24.3 Å². The number of rotatable bonds is 10. The standard InChI is InChI=1S/C15H20N2O7S/c1-3-4-12(10-18)15(24-11(2)19)9-16-25(22,23)14-7-5-13(6-8-14)17(20)21/h3,5-8,12,15-16,18H,1,4,9-10H2,2H3/t12-,15+/m1/s1. The molecule has 1 aromatic rings. The van der Waals surface area contributed by atoms with Gasteiger partial charge in [0, 0.05) is 38.1 Å². The maximum absolute atomic E-state index is 12.3. The van der Waals surface area contributed by atoms with Crippen molar-refractivity contribution in [1.82, 2.24) is 4.72 Å². The molecule has 0 aliphatic rings. The number of carbonyl (C=O) groups excluding carboxylic acids is 1. The van der Waals surface area contributed by atoms with Crippen LogP contribution in [0.2, 0.25) is 0 Å². The first kappa shape index (κ1) is 20.7. The number of allylic oxidation sites excluding steroid dienone is 1. The van der Waals surface area contributed by atoms with Crippen LogP contribution in [-0.2, 0) is 19.6 Å². The largest absolute Gasteiger partial charge is 0.461 e. The molecule has 0 saturated carbocycles. The van der Waals surface area contributed by atoms with Gasteiger partial charge in [0.05, 0.1) is 9.82 Å². The van der Waals surface area contributed by atoms with Crippen molar-refractivity contribution in [3.05, 3.63) is 47.0 Å². The molecule has 2 N–H and O–H groups in total. The number of non-ortho nitro benzene ring substituents is 1. The van der Waals surface area contributed by atoms with Gasteiger partial charge in [0.15, 0.2) is 0 Å². The Kier molecular flexibility index (Phi) is 7.68. The van der Waals surface area contributed by atoms with Gasteiger partial charge < -0.3 is 9.84 Å². The topological polar surface area (TPSA) is 136 Å². The van der Waals surface area contributed by atoms with Crippen LogP contribution in [0, 0.1) is 16.0 Å². The lowest BCUT2D eigenvalue weighted by molar-refractivity contribution is -0.384. The predicted octanol–water partition coefficient (Wildman–Crippen LogP) is 0.989. The number of nitrogens with zero attached hydrogens (tertiary/aromatic N) is 1. The smallest absolute Gasteiger partial charge is 0.302 e. The molecular formula is C15H20N2O7S. The van der Waals surface area contributed by atoms with E-state index in [9.17, 15) is 28.4 Å². The summed E-state index contributed by atoms with van der Waals surface area (Å²) in [7, 11) is -3.96. The molecule has 0 radical (unpaired) electrons. The van der Waals surface area contributed by atoms with Crippen molar-refractivity contribution in [2.24, 2.45) is 5.92 Å². The molecular weight excluding hydrogens is 352 g/mol. The van der Waals surface area contributed by atoms with Gasteiger partial charge in [0.1, 0.15) is 6.10 Å². The Bertz CT molecular complexity index is 716. The van der Waals surface area contributed by atoms with Crippen LogP contribution in [0.3, 0.4) is 0 Å². The zero-order valence-electron chi connectivity index (χ0n) is 13.6. The minimum absolute atomic E-state index is 0.163. The molecule has 0 bridgehead atoms. The van der Waals surface area contributed by atoms with Crippen LogP contribution in [0.25, 0.3) is 0 Å². The number of aliphatic hydroxyl groups is 1. The van der Waals surface area contributed by atoms with Crippen molar-refractivity contribution in [3.8, 4) is 0 Å². The number of nitro benzene ring substituents is 1. The lowest BCUT2D eigenvalue weighted by Gasteiger charge is -2.24. The van der Waals surface area contributed by atoms with Crippen molar-refractivity contribution in [3.63, 3.8) is 0 Å². The summed E-state index contributed by atoms with van der Waals surface area (Å²) in [5.74, 6) is -1.12. The Labute approximate surface area is 145 Å². The molecule has 1 aromatic carbocycles. The first-order chi connectivity index (χ1) is 11.7. The molecule has 0 amide bonds. The van der Waals surface area contributed by atoms with E-state index < -0.39 is 32.9 Å². The third-order valence-electron chi connectivity index (χ3n) is 3.38. The van der Waals surface area contributed by atoms with Crippen LogP contribution in [0.15, 0.2) is 41.8 Å². The fraction of sp³-hybridized carbons (Fsp3) is 0.400. The third-order valence-corrected chi connectivity index (χ3v) is 4.82. The number of sulfonamides is 1. The van der Waals surface area contributed by atoms with Gasteiger partial charge in [0.25, 0.3) is 5.69 Å². The number of aliphatic hydroxyl groups excluding tert-OH is 1. The second-order valence-electron chi connectivity index (χ2n) is 5.22. The van der Waals surface area contributed by atoms with Crippen molar-refractivity contribution in [2.75, 3.05) is 13.2 Å². The molecule has 0 unspecified atom stereocenters. The second-order valence-corrected chi connectivity index (χ2v) is 6.98. The molecule has 2 atom stereocenters. The van der Waals surface area contributed by atoms with Gasteiger partial charge in [0.2, 0.25) is 10.0 Å². The molecule has 25 heavy (non-hydrogen) atoms. The molecule has 9 nitrogen and oxygen atoms in total. The zero-order chi connectivity index (χ0) is 19.0.